The Morgan fingerprint density at radius 2 is 2.27 bits per heavy atom. The maximum Gasteiger partial charge on any atom is 0.0702 e. The first kappa shape index (κ1) is 13.5. The number of alkyl halides is 1. The molecule has 0 aromatic carbocycles. The molecule has 0 radical (unpaired) electrons. The lowest BCUT2D eigenvalue weighted by Gasteiger charge is -2.27. The highest BCUT2D eigenvalue weighted by molar-refractivity contribution is 9.09. The minimum absolute atomic E-state index is 0.498. The van der Waals surface area contributed by atoms with Crippen LogP contribution in [0.4, 0.5) is 0 Å². The van der Waals surface area contributed by atoms with Gasteiger partial charge in [0.2, 0.25) is 0 Å². The fourth-order valence-electron chi connectivity index (χ4n) is 2.06. The van der Waals surface area contributed by atoms with Crippen LogP contribution in [-0.4, -0.2) is 42.6 Å². The topological polar surface area (TPSA) is 12.5 Å². The van der Waals surface area contributed by atoms with E-state index in [4.69, 9.17) is 4.74 Å². The fourth-order valence-corrected chi connectivity index (χ4v) is 2.72. The maximum atomic E-state index is 5.68. The van der Waals surface area contributed by atoms with E-state index in [0.717, 1.165) is 30.9 Å². The summed E-state index contributed by atoms with van der Waals surface area (Å²) in [5, 5.41) is 1.12. The highest BCUT2D eigenvalue weighted by atomic mass is 79.9. The van der Waals surface area contributed by atoms with E-state index in [-0.39, 0.29) is 0 Å². The predicted molar refractivity (Wildman–Crippen MR) is 68.7 cm³/mol. The van der Waals surface area contributed by atoms with E-state index >= 15 is 0 Å². The van der Waals surface area contributed by atoms with Crippen molar-refractivity contribution in [1.82, 2.24) is 4.90 Å². The van der Waals surface area contributed by atoms with Crippen LogP contribution in [0.3, 0.4) is 0 Å². The summed E-state index contributed by atoms with van der Waals surface area (Å²) in [6.07, 6.45) is 4.25. The molecule has 1 saturated heterocycles. The van der Waals surface area contributed by atoms with Crippen LogP contribution in [0.5, 0.6) is 0 Å². The van der Waals surface area contributed by atoms with Gasteiger partial charge in [-0.05, 0) is 25.3 Å². The van der Waals surface area contributed by atoms with Crippen LogP contribution < -0.4 is 0 Å². The van der Waals surface area contributed by atoms with Gasteiger partial charge in [-0.25, -0.2) is 0 Å². The zero-order chi connectivity index (χ0) is 11.1. The first-order valence-electron chi connectivity index (χ1n) is 6.20. The predicted octanol–water partition coefficient (Wildman–Crippen LogP) is 2.91. The van der Waals surface area contributed by atoms with Gasteiger partial charge in [0.15, 0.2) is 0 Å². The molecule has 2 nitrogen and oxygen atoms in total. The van der Waals surface area contributed by atoms with Crippen LogP contribution in [0.2, 0.25) is 0 Å². The molecule has 0 aromatic heterocycles. The second-order valence-corrected chi connectivity index (χ2v) is 5.06. The van der Waals surface area contributed by atoms with Crippen LogP contribution in [0.25, 0.3) is 0 Å². The number of ether oxygens (including phenoxy) is 1. The highest BCUT2D eigenvalue weighted by Crippen LogP contribution is 2.15. The zero-order valence-electron chi connectivity index (χ0n) is 10.0. The van der Waals surface area contributed by atoms with Crippen LogP contribution in [0.1, 0.15) is 33.1 Å². The van der Waals surface area contributed by atoms with Crippen LogP contribution in [-0.2, 0) is 4.74 Å². The Morgan fingerprint density at radius 1 is 1.47 bits per heavy atom. The molecule has 1 rings (SSSR count). The molecule has 1 aliphatic heterocycles. The molecular weight excluding hydrogens is 254 g/mol. The normalized spacial score (nSPS) is 23.6. The lowest BCUT2D eigenvalue weighted by molar-refractivity contribution is 0.0704. The summed E-state index contributed by atoms with van der Waals surface area (Å²) < 4.78 is 5.68. The second kappa shape index (κ2) is 7.64. The molecule has 0 aliphatic carbocycles. The van der Waals surface area contributed by atoms with Gasteiger partial charge >= 0.3 is 0 Å². The molecule has 15 heavy (non-hydrogen) atoms. The van der Waals surface area contributed by atoms with Gasteiger partial charge in [0.25, 0.3) is 0 Å². The van der Waals surface area contributed by atoms with E-state index in [9.17, 15) is 0 Å². The van der Waals surface area contributed by atoms with E-state index in [1.165, 1.54) is 25.8 Å². The third-order valence-corrected chi connectivity index (χ3v) is 4.16. The van der Waals surface area contributed by atoms with E-state index in [0.29, 0.717) is 6.10 Å². The van der Waals surface area contributed by atoms with Gasteiger partial charge in [0, 0.05) is 25.0 Å². The molecule has 0 N–H and O–H groups in total. The highest BCUT2D eigenvalue weighted by Gasteiger charge is 2.19. The largest absolute Gasteiger partial charge is 0.377 e. The van der Waals surface area contributed by atoms with Gasteiger partial charge < -0.3 is 9.64 Å². The molecule has 0 bridgehead atoms. The Balaban J connectivity index is 2.27. The molecule has 0 saturated carbocycles. The number of rotatable bonds is 7. The Morgan fingerprint density at radius 3 is 2.73 bits per heavy atom. The summed E-state index contributed by atoms with van der Waals surface area (Å²) in [4.78, 5) is 2.53. The molecule has 3 heteroatoms. The number of hydrogen-bond acceptors (Lipinski definition) is 2. The average molecular weight is 278 g/mol. The Kier molecular flexibility index (Phi) is 6.86. The SMILES string of the molecule is CCC(CBr)CN(CC)CC1CCCO1. The number of likely N-dealkylation sites (N-methyl/N-ethyl adjacent to an activating group) is 1. The van der Waals surface area contributed by atoms with Crippen molar-refractivity contribution in [2.45, 2.75) is 39.2 Å². The average Bonchev–Trinajstić information content (AvgIpc) is 2.76. The van der Waals surface area contributed by atoms with Crippen LogP contribution in [0, 0.1) is 5.92 Å². The molecule has 1 fully saturated rings. The van der Waals surface area contributed by atoms with Crippen molar-refractivity contribution in [3.63, 3.8) is 0 Å². The smallest absolute Gasteiger partial charge is 0.0702 e. The molecule has 2 unspecified atom stereocenters. The van der Waals surface area contributed by atoms with Gasteiger partial charge in [0.1, 0.15) is 0 Å². The Bertz CT molecular complexity index is 152. The van der Waals surface area contributed by atoms with Crippen molar-refractivity contribution in [2.75, 3.05) is 31.6 Å². The van der Waals surface area contributed by atoms with Gasteiger partial charge in [-0.3, -0.25) is 0 Å². The third kappa shape index (κ3) is 4.83. The Hall–Kier alpha value is 0.400. The molecule has 1 heterocycles. The molecule has 90 valence electrons. The number of nitrogens with zero attached hydrogens (tertiary/aromatic N) is 1. The maximum absolute atomic E-state index is 5.68. The first-order valence-corrected chi connectivity index (χ1v) is 7.32. The quantitative estimate of drug-likeness (QED) is 0.664. The van der Waals surface area contributed by atoms with Crippen LogP contribution in [0.15, 0.2) is 0 Å². The monoisotopic (exact) mass is 277 g/mol. The Labute approximate surface area is 102 Å². The van der Waals surface area contributed by atoms with E-state index in [2.05, 4.69) is 34.7 Å². The van der Waals surface area contributed by atoms with E-state index < -0.39 is 0 Å². The zero-order valence-corrected chi connectivity index (χ0v) is 11.6. The fraction of sp³-hybridized carbons (Fsp3) is 1.00. The van der Waals surface area contributed by atoms with Gasteiger partial charge in [-0.2, -0.15) is 0 Å². The second-order valence-electron chi connectivity index (χ2n) is 4.42. The van der Waals surface area contributed by atoms with Crippen molar-refractivity contribution in [3.8, 4) is 0 Å². The number of hydrogen-bond donors (Lipinski definition) is 0. The van der Waals surface area contributed by atoms with E-state index in [1.54, 1.807) is 0 Å². The summed E-state index contributed by atoms with van der Waals surface area (Å²) in [6, 6.07) is 0. The van der Waals surface area contributed by atoms with Crippen molar-refractivity contribution < 1.29 is 4.74 Å². The lowest BCUT2D eigenvalue weighted by atomic mass is 10.1. The van der Waals surface area contributed by atoms with Crippen molar-refractivity contribution >= 4 is 15.9 Å². The summed E-state index contributed by atoms with van der Waals surface area (Å²) in [6.45, 7) is 8.96. The van der Waals surface area contributed by atoms with Crippen molar-refractivity contribution in [3.05, 3.63) is 0 Å². The van der Waals surface area contributed by atoms with Gasteiger partial charge in [-0.15, -0.1) is 0 Å². The van der Waals surface area contributed by atoms with Crippen molar-refractivity contribution in [1.29, 1.82) is 0 Å². The number of halogens is 1. The van der Waals surface area contributed by atoms with Gasteiger partial charge in [0.05, 0.1) is 6.10 Å². The van der Waals surface area contributed by atoms with Gasteiger partial charge in [-0.1, -0.05) is 36.2 Å². The van der Waals surface area contributed by atoms with Crippen LogP contribution >= 0.6 is 15.9 Å². The molecule has 0 amide bonds. The lowest BCUT2D eigenvalue weighted by Crippen LogP contribution is -2.36. The third-order valence-electron chi connectivity index (χ3n) is 3.25. The molecule has 2 atom stereocenters. The summed E-state index contributed by atoms with van der Waals surface area (Å²) in [7, 11) is 0. The summed E-state index contributed by atoms with van der Waals surface area (Å²) in [5.41, 5.74) is 0. The molecule has 1 aliphatic rings. The first-order chi connectivity index (χ1) is 7.30. The standard InChI is InChI=1S/C12H24BrNO/c1-3-11(8-13)9-14(4-2)10-12-6-5-7-15-12/h11-12H,3-10H2,1-2H3. The minimum Gasteiger partial charge on any atom is -0.377 e. The molecular formula is C12H24BrNO. The summed E-state index contributed by atoms with van der Waals surface area (Å²) in [5.74, 6) is 0.784. The van der Waals surface area contributed by atoms with Crippen molar-refractivity contribution in [2.24, 2.45) is 5.92 Å². The molecule has 0 spiro atoms. The molecule has 0 aromatic rings. The van der Waals surface area contributed by atoms with E-state index in [1.807, 2.05) is 0 Å². The minimum atomic E-state index is 0.498. The summed E-state index contributed by atoms with van der Waals surface area (Å²) >= 11 is 3.59.